The van der Waals surface area contributed by atoms with Gasteiger partial charge in [0.25, 0.3) is 0 Å². The van der Waals surface area contributed by atoms with Crippen molar-refractivity contribution < 1.29 is 33.5 Å². The average molecular weight is 399 g/mol. The highest BCUT2D eigenvalue weighted by molar-refractivity contribution is 5.83. The van der Waals surface area contributed by atoms with Crippen LogP contribution >= 0.6 is 0 Å². The van der Waals surface area contributed by atoms with Crippen molar-refractivity contribution in [3.63, 3.8) is 0 Å². The van der Waals surface area contributed by atoms with Crippen LogP contribution in [-0.2, 0) is 11.3 Å². The third-order valence-electron chi connectivity index (χ3n) is 5.22. The number of para-hydroxylation sites is 1. The Balaban J connectivity index is 1.73. The van der Waals surface area contributed by atoms with Crippen molar-refractivity contribution >= 4 is 16.9 Å². The van der Waals surface area contributed by atoms with Gasteiger partial charge in [-0.05, 0) is 24.3 Å². The highest BCUT2D eigenvalue weighted by Crippen LogP contribution is 2.29. The van der Waals surface area contributed by atoms with Crippen molar-refractivity contribution in [3.05, 3.63) is 64.3 Å². The molecule has 0 bridgehead atoms. The molecular formula is C21H18FNO6. The monoisotopic (exact) mass is 399 g/mol. The van der Waals surface area contributed by atoms with Crippen molar-refractivity contribution in [3.8, 4) is 17.2 Å². The minimum absolute atomic E-state index is 0.0973. The summed E-state index contributed by atoms with van der Waals surface area (Å²) in [4.78, 5) is 24.9. The zero-order valence-corrected chi connectivity index (χ0v) is 15.3. The van der Waals surface area contributed by atoms with Gasteiger partial charge >= 0.3 is 0 Å². The lowest BCUT2D eigenvalue weighted by Crippen LogP contribution is -3.14. The number of fused-ring (bicyclic) bond motifs is 1. The molecule has 0 spiro atoms. The maximum absolute atomic E-state index is 13.8. The molecule has 2 N–H and O–H groups in total. The van der Waals surface area contributed by atoms with E-state index in [2.05, 4.69) is 0 Å². The Morgan fingerprint density at radius 2 is 2.07 bits per heavy atom. The summed E-state index contributed by atoms with van der Waals surface area (Å²) in [6, 6.07) is 7.73. The summed E-state index contributed by atoms with van der Waals surface area (Å²) in [5.41, 5.74) is -0.0452. The number of hydrogen-bond donors (Lipinski definition) is 2. The fourth-order valence-electron chi connectivity index (χ4n) is 3.75. The molecule has 2 atom stereocenters. The number of phenolic OH excluding ortho intramolecular Hbond substituents is 1. The van der Waals surface area contributed by atoms with Gasteiger partial charge < -0.3 is 29.1 Å². The number of rotatable bonds is 5. The third kappa shape index (κ3) is 3.54. The molecule has 8 heteroatoms. The number of carbonyl (C=O) groups excluding carboxylic acids is 1. The molecule has 0 saturated carbocycles. The Hall–Kier alpha value is -3.39. The Morgan fingerprint density at radius 1 is 1.28 bits per heavy atom. The Kier molecular flexibility index (Phi) is 4.94. The molecule has 0 radical (unpaired) electrons. The molecule has 1 unspecified atom stereocenters. The third-order valence-corrected chi connectivity index (χ3v) is 5.22. The number of quaternary nitrogens is 1. The molecule has 7 nitrogen and oxygen atoms in total. The van der Waals surface area contributed by atoms with Crippen LogP contribution in [0.3, 0.4) is 0 Å². The predicted octanol–water partition coefficient (Wildman–Crippen LogP) is 0.727. The number of carbonyl (C=O) groups is 1. The van der Waals surface area contributed by atoms with Crippen LogP contribution in [0.5, 0.6) is 17.2 Å². The van der Waals surface area contributed by atoms with Crippen molar-refractivity contribution in [1.82, 2.24) is 0 Å². The molecule has 1 fully saturated rings. The Morgan fingerprint density at radius 3 is 2.83 bits per heavy atom. The van der Waals surface area contributed by atoms with Gasteiger partial charge in [-0.1, -0.05) is 12.1 Å². The maximum atomic E-state index is 13.8. The van der Waals surface area contributed by atoms with Crippen molar-refractivity contribution in [2.24, 2.45) is 0 Å². The summed E-state index contributed by atoms with van der Waals surface area (Å²) in [6.45, 7) is 0.769. The summed E-state index contributed by atoms with van der Waals surface area (Å²) in [5.74, 6) is -2.17. The topological polar surface area (TPSA) is 104 Å². The van der Waals surface area contributed by atoms with Gasteiger partial charge in [-0.25, -0.2) is 4.39 Å². The van der Waals surface area contributed by atoms with E-state index >= 15 is 0 Å². The van der Waals surface area contributed by atoms with E-state index < -0.39 is 23.3 Å². The van der Waals surface area contributed by atoms with E-state index in [1.165, 1.54) is 30.3 Å². The fourth-order valence-corrected chi connectivity index (χ4v) is 3.75. The lowest BCUT2D eigenvalue weighted by molar-refractivity contribution is -0.919. The molecule has 0 amide bonds. The number of aromatic hydroxyl groups is 1. The molecule has 1 aromatic heterocycles. The van der Waals surface area contributed by atoms with Gasteiger partial charge in [0.2, 0.25) is 11.2 Å². The van der Waals surface area contributed by atoms with Gasteiger partial charge in [-0.2, -0.15) is 0 Å². The molecule has 0 aliphatic carbocycles. The van der Waals surface area contributed by atoms with Crippen molar-refractivity contribution in [1.29, 1.82) is 0 Å². The molecule has 2 heterocycles. The summed E-state index contributed by atoms with van der Waals surface area (Å²) in [5, 5.41) is 21.8. The van der Waals surface area contributed by atoms with Crippen molar-refractivity contribution in [2.75, 3.05) is 6.54 Å². The number of carboxylic acid groups (broad SMARTS) is 1. The predicted molar refractivity (Wildman–Crippen MR) is 98.2 cm³/mol. The van der Waals surface area contributed by atoms with Crippen LogP contribution in [0.25, 0.3) is 11.0 Å². The van der Waals surface area contributed by atoms with Crippen LogP contribution in [0.15, 0.2) is 51.9 Å². The van der Waals surface area contributed by atoms with Gasteiger partial charge in [-0.3, -0.25) is 4.79 Å². The second kappa shape index (κ2) is 7.56. The first kappa shape index (κ1) is 18.9. The molecular weight excluding hydrogens is 381 g/mol. The summed E-state index contributed by atoms with van der Waals surface area (Å²) in [7, 11) is 0. The zero-order chi connectivity index (χ0) is 20.5. The van der Waals surface area contributed by atoms with E-state index in [0.717, 1.165) is 17.6 Å². The maximum Gasteiger partial charge on any atom is 0.235 e. The van der Waals surface area contributed by atoms with Crippen LogP contribution in [0.4, 0.5) is 4.39 Å². The molecule has 29 heavy (non-hydrogen) atoms. The van der Waals surface area contributed by atoms with E-state index in [9.17, 15) is 24.2 Å². The fraction of sp³-hybridized carbons (Fsp3) is 0.238. The molecule has 4 rings (SSSR count). The standard InChI is InChI=1S/C21H18FNO6/c22-14-4-1-2-6-17(14)29-18-11-28-20-12(19(18)25)7-8-16(24)13(20)10-23-9-3-5-15(23)21(26)27/h1-2,4,6-8,11,15,24H,3,5,9-10H2,(H,26,27)/t15-/m1/s1. The molecule has 150 valence electrons. The van der Waals surface area contributed by atoms with E-state index in [1.54, 1.807) is 6.07 Å². The van der Waals surface area contributed by atoms with E-state index in [0.29, 0.717) is 18.5 Å². The molecule has 3 aromatic rings. The first-order chi connectivity index (χ1) is 14.0. The van der Waals surface area contributed by atoms with Gasteiger partial charge in [-0.15, -0.1) is 0 Å². The smallest absolute Gasteiger partial charge is 0.235 e. The SMILES string of the molecule is O=C([O-])[C@H]1CCC[NH+]1Cc1c(O)ccc2c(=O)c(Oc3ccccc3F)coc12. The normalized spacial score (nSPS) is 18.8. The van der Waals surface area contributed by atoms with Crippen LogP contribution in [0.2, 0.25) is 0 Å². The summed E-state index contributed by atoms with van der Waals surface area (Å²) >= 11 is 0. The first-order valence-corrected chi connectivity index (χ1v) is 9.20. The minimum Gasteiger partial charge on any atom is -0.544 e. The number of phenols is 1. The van der Waals surface area contributed by atoms with Crippen LogP contribution in [0, 0.1) is 5.82 Å². The summed E-state index contributed by atoms with van der Waals surface area (Å²) < 4.78 is 24.8. The summed E-state index contributed by atoms with van der Waals surface area (Å²) in [6.07, 6.45) is 2.29. The highest BCUT2D eigenvalue weighted by Gasteiger charge is 2.31. The molecule has 1 saturated heterocycles. The number of ether oxygens (including phenoxy) is 1. The highest BCUT2D eigenvalue weighted by atomic mass is 19.1. The van der Waals surface area contributed by atoms with Gasteiger partial charge in [0, 0.05) is 12.8 Å². The Bertz CT molecular complexity index is 1140. The first-order valence-electron chi connectivity index (χ1n) is 9.20. The number of benzene rings is 2. The second-order valence-electron chi connectivity index (χ2n) is 7.00. The Labute approximate surface area is 164 Å². The number of nitrogens with one attached hydrogen (secondary N) is 1. The number of hydrogen-bond acceptors (Lipinski definition) is 6. The van der Waals surface area contributed by atoms with Crippen LogP contribution < -0.4 is 20.2 Å². The number of halogens is 1. The minimum atomic E-state index is -1.14. The quantitative estimate of drug-likeness (QED) is 0.656. The number of likely N-dealkylation sites (tertiary alicyclic amines) is 1. The van der Waals surface area contributed by atoms with E-state index in [-0.39, 0.29) is 34.8 Å². The molecule has 1 aliphatic heterocycles. The van der Waals surface area contributed by atoms with Gasteiger partial charge in [0.1, 0.15) is 24.6 Å². The second-order valence-corrected chi connectivity index (χ2v) is 7.00. The van der Waals surface area contributed by atoms with Gasteiger partial charge in [0.15, 0.2) is 17.1 Å². The largest absolute Gasteiger partial charge is 0.544 e. The lowest BCUT2D eigenvalue weighted by Gasteiger charge is -2.22. The lowest BCUT2D eigenvalue weighted by atomic mass is 10.1. The van der Waals surface area contributed by atoms with Gasteiger partial charge in [0.05, 0.1) is 23.5 Å². The molecule has 1 aliphatic rings. The number of aliphatic carboxylic acids is 1. The van der Waals surface area contributed by atoms with Crippen LogP contribution in [0.1, 0.15) is 18.4 Å². The van der Waals surface area contributed by atoms with E-state index in [1.807, 2.05) is 0 Å². The van der Waals surface area contributed by atoms with Crippen molar-refractivity contribution in [2.45, 2.75) is 25.4 Å². The zero-order valence-electron chi connectivity index (χ0n) is 15.3. The average Bonchev–Trinajstić information content (AvgIpc) is 3.16. The number of carboxylic acids is 1. The van der Waals surface area contributed by atoms with E-state index in [4.69, 9.17) is 9.15 Å². The molecule has 2 aromatic carbocycles. The van der Waals surface area contributed by atoms with Crippen LogP contribution in [-0.4, -0.2) is 23.7 Å².